The SMILES string of the molecule is O=C(c1cccc(OC(F)(F)F)c1)c1ncccc1Br. The van der Waals surface area contributed by atoms with Crippen molar-refractivity contribution < 1.29 is 22.7 Å². The molecular formula is C13H7BrF3NO2. The van der Waals surface area contributed by atoms with E-state index in [4.69, 9.17) is 0 Å². The van der Waals surface area contributed by atoms with E-state index in [0.29, 0.717) is 4.47 Å². The summed E-state index contributed by atoms with van der Waals surface area (Å²) < 4.78 is 40.6. The normalized spacial score (nSPS) is 11.2. The molecule has 0 N–H and O–H groups in total. The maximum Gasteiger partial charge on any atom is 0.573 e. The highest BCUT2D eigenvalue weighted by Gasteiger charge is 2.31. The number of halogens is 4. The third kappa shape index (κ3) is 3.57. The number of hydrogen-bond acceptors (Lipinski definition) is 3. The van der Waals surface area contributed by atoms with Crippen LogP contribution in [0.3, 0.4) is 0 Å². The standard InChI is InChI=1S/C13H7BrF3NO2/c14-10-5-2-6-18-11(10)12(19)8-3-1-4-9(7-8)20-13(15,16)17/h1-7H. The molecule has 0 bridgehead atoms. The van der Waals surface area contributed by atoms with E-state index in [1.165, 1.54) is 18.3 Å². The number of ether oxygens (including phenoxy) is 1. The van der Waals surface area contributed by atoms with Crippen LogP contribution in [0.5, 0.6) is 5.75 Å². The largest absolute Gasteiger partial charge is 0.573 e. The Hall–Kier alpha value is -1.89. The quantitative estimate of drug-likeness (QED) is 0.790. The molecule has 1 aromatic heterocycles. The molecule has 2 aromatic rings. The van der Waals surface area contributed by atoms with Crippen molar-refractivity contribution >= 4 is 21.7 Å². The molecule has 0 spiro atoms. The van der Waals surface area contributed by atoms with Crippen molar-refractivity contribution in [3.05, 3.63) is 58.3 Å². The zero-order valence-electron chi connectivity index (χ0n) is 9.82. The highest BCUT2D eigenvalue weighted by molar-refractivity contribution is 9.10. The van der Waals surface area contributed by atoms with E-state index in [1.54, 1.807) is 12.1 Å². The van der Waals surface area contributed by atoms with E-state index in [1.807, 2.05) is 0 Å². The zero-order chi connectivity index (χ0) is 14.8. The van der Waals surface area contributed by atoms with Gasteiger partial charge in [0.2, 0.25) is 5.78 Å². The first kappa shape index (κ1) is 14.5. The molecule has 0 aliphatic carbocycles. The van der Waals surface area contributed by atoms with Crippen molar-refractivity contribution in [1.82, 2.24) is 4.98 Å². The summed E-state index contributed by atoms with van der Waals surface area (Å²) in [6, 6.07) is 8.10. The van der Waals surface area contributed by atoms with Crippen LogP contribution in [0.4, 0.5) is 13.2 Å². The number of benzene rings is 1. The zero-order valence-corrected chi connectivity index (χ0v) is 11.4. The second kappa shape index (κ2) is 5.62. The van der Waals surface area contributed by atoms with Crippen LogP contribution in [0.2, 0.25) is 0 Å². The molecule has 0 aliphatic rings. The minimum atomic E-state index is -4.80. The fraction of sp³-hybridized carbons (Fsp3) is 0.0769. The van der Waals surface area contributed by atoms with E-state index in [-0.39, 0.29) is 11.3 Å². The Kier molecular flexibility index (Phi) is 4.08. The first-order chi connectivity index (χ1) is 9.37. The minimum absolute atomic E-state index is 0.0613. The molecule has 0 saturated carbocycles. The molecule has 20 heavy (non-hydrogen) atoms. The molecule has 0 amide bonds. The fourth-order valence-electron chi connectivity index (χ4n) is 1.52. The van der Waals surface area contributed by atoms with Gasteiger partial charge >= 0.3 is 6.36 Å². The molecule has 0 fully saturated rings. The van der Waals surface area contributed by atoms with E-state index in [2.05, 4.69) is 25.7 Å². The van der Waals surface area contributed by atoms with E-state index in [9.17, 15) is 18.0 Å². The van der Waals surface area contributed by atoms with Crippen LogP contribution in [0, 0.1) is 0 Å². The Morgan fingerprint density at radius 3 is 2.60 bits per heavy atom. The van der Waals surface area contributed by atoms with Crippen LogP contribution in [0.25, 0.3) is 0 Å². The second-order valence-electron chi connectivity index (χ2n) is 3.74. The first-order valence-electron chi connectivity index (χ1n) is 5.38. The predicted molar refractivity (Wildman–Crippen MR) is 68.5 cm³/mol. The molecule has 0 unspecified atom stereocenters. The smallest absolute Gasteiger partial charge is 0.406 e. The van der Waals surface area contributed by atoms with Gasteiger partial charge < -0.3 is 4.74 Å². The summed E-state index contributed by atoms with van der Waals surface area (Å²) >= 11 is 3.17. The average Bonchev–Trinajstić information content (AvgIpc) is 2.37. The highest BCUT2D eigenvalue weighted by atomic mass is 79.9. The monoisotopic (exact) mass is 345 g/mol. The van der Waals surface area contributed by atoms with Crippen molar-refractivity contribution in [3.63, 3.8) is 0 Å². The summed E-state index contributed by atoms with van der Waals surface area (Å²) in [5.41, 5.74) is 0.183. The Morgan fingerprint density at radius 1 is 1.20 bits per heavy atom. The minimum Gasteiger partial charge on any atom is -0.406 e. The van der Waals surface area contributed by atoms with E-state index < -0.39 is 17.9 Å². The molecule has 1 aromatic carbocycles. The number of ketones is 1. The van der Waals surface area contributed by atoms with Gasteiger partial charge in [-0.1, -0.05) is 12.1 Å². The summed E-state index contributed by atoms with van der Waals surface area (Å²) in [6.07, 6.45) is -3.37. The van der Waals surface area contributed by atoms with Gasteiger partial charge in [0.15, 0.2) is 0 Å². The lowest BCUT2D eigenvalue weighted by atomic mass is 10.1. The molecular weight excluding hydrogens is 339 g/mol. The van der Waals surface area contributed by atoms with Gasteiger partial charge in [0.05, 0.1) is 0 Å². The number of aromatic nitrogens is 1. The van der Waals surface area contributed by atoms with Crippen LogP contribution >= 0.6 is 15.9 Å². The Labute approximate surface area is 120 Å². The van der Waals surface area contributed by atoms with Gasteiger partial charge in [0.1, 0.15) is 11.4 Å². The van der Waals surface area contributed by atoms with Crippen LogP contribution in [-0.2, 0) is 0 Å². The summed E-state index contributed by atoms with van der Waals surface area (Å²) in [7, 11) is 0. The average molecular weight is 346 g/mol. The Morgan fingerprint density at radius 2 is 1.95 bits per heavy atom. The summed E-state index contributed by atoms with van der Waals surface area (Å²) in [5.74, 6) is -0.944. The fourth-order valence-corrected chi connectivity index (χ4v) is 1.96. The van der Waals surface area contributed by atoms with Crippen molar-refractivity contribution in [2.24, 2.45) is 0 Å². The number of carbonyl (C=O) groups is 1. The van der Waals surface area contributed by atoms with Gasteiger partial charge in [-0.2, -0.15) is 0 Å². The van der Waals surface area contributed by atoms with Gasteiger partial charge in [0.25, 0.3) is 0 Å². The maximum atomic E-state index is 12.2. The predicted octanol–water partition coefficient (Wildman–Crippen LogP) is 3.97. The molecule has 0 atom stereocenters. The highest BCUT2D eigenvalue weighted by Crippen LogP contribution is 2.25. The summed E-state index contributed by atoms with van der Waals surface area (Å²) in [4.78, 5) is 16.1. The van der Waals surface area contributed by atoms with E-state index >= 15 is 0 Å². The van der Waals surface area contributed by atoms with Crippen molar-refractivity contribution in [1.29, 1.82) is 0 Å². The van der Waals surface area contributed by atoms with Gasteiger partial charge in [-0.15, -0.1) is 13.2 Å². The molecule has 104 valence electrons. The lowest BCUT2D eigenvalue weighted by molar-refractivity contribution is -0.274. The molecule has 7 heteroatoms. The molecule has 2 rings (SSSR count). The third-order valence-corrected chi connectivity index (χ3v) is 2.94. The van der Waals surface area contributed by atoms with Crippen molar-refractivity contribution in [3.8, 4) is 5.75 Å². The number of rotatable bonds is 3. The van der Waals surface area contributed by atoms with Crippen molar-refractivity contribution in [2.75, 3.05) is 0 Å². The lowest BCUT2D eigenvalue weighted by Crippen LogP contribution is -2.17. The summed E-state index contributed by atoms with van der Waals surface area (Å²) in [5, 5.41) is 0. The first-order valence-corrected chi connectivity index (χ1v) is 6.17. The number of alkyl halides is 3. The van der Waals surface area contributed by atoms with Crippen LogP contribution < -0.4 is 4.74 Å². The topological polar surface area (TPSA) is 39.2 Å². The van der Waals surface area contributed by atoms with Crippen molar-refractivity contribution in [2.45, 2.75) is 6.36 Å². The molecule has 0 aliphatic heterocycles. The summed E-state index contributed by atoms with van der Waals surface area (Å²) in [6.45, 7) is 0. The van der Waals surface area contributed by atoms with Gasteiger partial charge in [-0.25, -0.2) is 0 Å². The number of carbonyl (C=O) groups excluding carboxylic acids is 1. The number of hydrogen-bond donors (Lipinski definition) is 0. The van der Waals surface area contributed by atoms with Gasteiger partial charge in [-0.05, 0) is 40.2 Å². The number of nitrogens with zero attached hydrogens (tertiary/aromatic N) is 1. The van der Waals surface area contributed by atoms with Crippen LogP contribution in [0.1, 0.15) is 16.1 Å². The lowest BCUT2D eigenvalue weighted by Gasteiger charge is -2.09. The number of pyridine rings is 1. The molecule has 3 nitrogen and oxygen atoms in total. The van der Waals surface area contributed by atoms with Crippen LogP contribution in [-0.4, -0.2) is 17.1 Å². The van der Waals surface area contributed by atoms with E-state index in [0.717, 1.165) is 12.1 Å². The Balaban J connectivity index is 2.32. The molecule has 0 radical (unpaired) electrons. The molecule has 0 saturated heterocycles. The van der Waals surface area contributed by atoms with Gasteiger partial charge in [-0.3, -0.25) is 9.78 Å². The molecule has 1 heterocycles. The van der Waals surface area contributed by atoms with Crippen LogP contribution in [0.15, 0.2) is 47.1 Å². The van der Waals surface area contributed by atoms with Gasteiger partial charge in [0, 0.05) is 16.2 Å². The second-order valence-corrected chi connectivity index (χ2v) is 4.59. The third-order valence-electron chi connectivity index (χ3n) is 2.30. The Bertz CT molecular complexity index is 644. The maximum absolute atomic E-state index is 12.2.